The molecule has 1 atom stereocenters. The number of carbonyl (C=O) groups excluding carboxylic acids is 1. The fourth-order valence-corrected chi connectivity index (χ4v) is 2.93. The molecule has 0 aromatic rings. The van der Waals surface area contributed by atoms with E-state index >= 15 is 0 Å². The molecule has 2 fully saturated rings. The minimum absolute atomic E-state index is 0.214. The number of aliphatic hydroxyl groups is 1. The number of nitrogens with zero attached hydrogens (tertiary/aromatic N) is 2. The van der Waals surface area contributed by atoms with E-state index in [4.69, 9.17) is 0 Å². The zero-order valence-corrected chi connectivity index (χ0v) is 10.8. The van der Waals surface area contributed by atoms with Crippen molar-refractivity contribution in [2.75, 3.05) is 26.7 Å². The molecule has 2 rings (SSSR count). The van der Waals surface area contributed by atoms with Crippen LogP contribution in [0.2, 0.25) is 0 Å². The van der Waals surface area contributed by atoms with Gasteiger partial charge >= 0.3 is 0 Å². The van der Waals surface area contributed by atoms with Crippen molar-refractivity contribution in [3.8, 4) is 0 Å². The van der Waals surface area contributed by atoms with Gasteiger partial charge in [-0.05, 0) is 19.3 Å². The van der Waals surface area contributed by atoms with Crippen LogP contribution in [0.25, 0.3) is 0 Å². The Balaban J connectivity index is 1.78. The lowest BCUT2D eigenvalue weighted by Crippen LogP contribution is -2.43. The highest BCUT2D eigenvalue weighted by Gasteiger charge is 2.26. The average molecular weight is 240 g/mol. The van der Waals surface area contributed by atoms with Gasteiger partial charge in [0.05, 0.1) is 12.6 Å². The first-order valence-corrected chi connectivity index (χ1v) is 6.83. The minimum Gasteiger partial charge on any atom is -0.392 e. The Kier molecular flexibility index (Phi) is 4.40. The van der Waals surface area contributed by atoms with Crippen molar-refractivity contribution < 1.29 is 9.90 Å². The van der Waals surface area contributed by atoms with Gasteiger partial charge in [0, 0.05) is 26.2 Å². The first-order valence-electron chi connectivity index (χ1n) is 6.83. The molecule has 1 amide bonds. The lowest BCUT2D eigenvalue weighted by atomic mass is 9.94. The number of rotatable bonds is 3. The van der Waals surface area contributed by atoms with Gasteiger partial charge in [-0.25, -0.2) is 0 Å². The summed E-state index contributed by atoms with van der Waals surface area (Å²) in [6.07, 6.45) is 6.71. The molecule has 0 bridgehead atoms. The predicted octanol–water partition coefficient (Wildman–Crippen LogP) is 0.844. The fourth-order valence-electron chi connectivity index (χ4n) is 2.93. The third-order valence-corrected chi connectivity index (χ3v) is 4.12. The van der Waals surface area contributed by atoms with Gasteiger partial charge in [0.2, 0.25) is 5.91 Å². The second-order valence-corrected chi connectivity index (χ2v) is 5.47. The first-order chi connectivity index (χ1) is 8.16. The van der Waals surface area contributed by atoms with Crippen molar-refractivity contribution in [1.82, 2.24) is 9.80 Å². The molecular weight excluding hydrogens is 216 g/mol. The molecule has 98 valence electrons. The van der Waals surface area contributed by atoms with E-state index < -0.39 is 0 Å². The molecule has 17 heavy (non-hydrogen) atoms. The first kappa shape index (κ1) is 12.8. The van der Waals surface area contributed by atoms with Crippen molar-refractivity contribution >= 4 is 5.91 Å². The zero-order chi connectivity index (χ0) is 12.3. The summed E-state index contributed by atoms with van der Waals surface area (Å²) in [5.74, 6) is 0.214. The van der Waals surface area contributed by atoms with E-state index in [1.54, 1.807) is 0 Å². The second kappa shape index (κ2) is 5.83. The molecule has 4 heteroatoms. The quantitative estimate of drug-likeness (QED) is 0.795. The molecule has 1 aliphatic carbocycles. The van der Waals surface area contributed by atoms with Crippen molar-refractivity contribution in [1.29, 1.82) is 0 Å². The Bertz CT molecular complexity index is 264. The number of likely N-dealkylation sites (N-methyl/N-ethyl adjacent to an activating group) is 1. The van der Waals surface area contributed by atoms with Gasteiger partial charge in [0.25, 0.3) is 0 Å². The molecular formula is C13H24N2O2. The SMILES string of the molecule is CN(C(=O)CN1CCC(O)C1)C1CCCCC1. The maximum atomic E-state index is 12.1. The number of amides is 1. The Morgan fingerprint density at radius 2 is 2.00 bits per heavy atom. The van der Waals surface area contributed by atoms with Gasteiger partial charge < -0.3 is 10.0 Å². The molecule has 0 spiro atoms. The van der Waals surface area contributed by atoms with E-state index in [1.165, 1.54) is 19.3 Å². The summed E-state index contributed by atoms with van der Waals surface area (Å²) in [6, 6.07) is 0.448. The van der Waals surface area contributed by atoms with Crippen LogP contribution in [0.4, 0.5) is 0 Å². The molecule has 1 saturated heterocycles. The summed E-state index contributed by atoms with van der Waals surface area (Å²) in [7, 11) is 1.94. The molecule has 1 unspecified atom stereocenters. The molecule has 0 radical (unpaired) electrons. The third-order valence-electron chi connectivity index (χ3n) is 4.12. The van der Waals surface area contributed by atoms with Crippen LogP contribution >= 0.6 is 0 Å². The largest absolute Gasteiger partial charge is 0.392 e. The Morgan fingerprint density at radius 3 is 2.59 bits per heavy atom. The highest BCUT2D eigenvalue weighted by molar-refractivity contribution is 5.78. The van der Waals surface area contributed by atoms with Gasteiger partial charge in [-0.2, -0.15) is 0 Å². The maximum Gasteiger partial charge on any atom is 0.236 e. The fraction of sp³-hybridized carbons (Fsp3) is 0.923. The number of β-amino-alcohol motifs (C(OH)–C–C–N with tert-alkyl or cyclic N) is 1. The summed E-state index contributed by atoms with van der Waals surface area (Å²) in [6.45, 7) is 1.99. The van der Waals surface area contributed by atoms with Crippen molar-refractivity contribution in [3.63, 3.8) is 0 Å². The van der Waals surface area contributed by atoms with E-state index in [0.29, 0.717) is 19.1 Å². The number of hydrogen-bond acceptors (Lipinski definition) is 3. The Labute approximate surface area is 104 Å². The van der Waals surface area contributed by atoms with Crippen LogP contribution in [0.1, 0.15) is 38.5 Å². The Morgan fingerprint density at radius 1 is 1.29 bits per heavy atom. The molecule has 0 aromatic heterocycles. The van der Waals surface area contributed by atoms with Crippen LogP contribution < -0.4 is 0 Å². The van der Waals surface area contributed by atoms with Gasteiger partial charge in [0.15, 0.2) is 0 Å². The van der Waals surface area contributed by atoms with E-state index in [1.807, 2.05) is 11.9 Å². The zero-order valence-electron chi connectivity index (χ0n) is 10.8. The van der Waals surface area contributed by atoms with Gasteiger partial charge in [0.1, 0.15) is 0 Å². The smallest absolute Gasteiger partial charge is 0.236 e. The van der Waals surface area contributed by atoms with Crippen LogP contribution in [-0.4, -0.2) is 59.6 Å². The van der Waals surface area contributed by atoms with E-state index in [9.17, 15) is 9.90 Å². The lowest BCUT2D eigenvalue weighted by Gasteiger charge is -2.32. The summed E-state index contributed by atoms with van der Waals surface area (Å²) in [5, 5.41) is 9.43. The number of hydrogen-bond donors (Lipinski definition) is 1. The van der Waals surface area contributed by atoms with Gasteiger partial charge in [-0.1, -0.05) is 19.3 Å². The topological polar surface area (TPSA) is 43.8 Å². The number of likely N-dealkylation sites (tertiary alicyclic amines) is 1. The molecule has 2 aliphatic rings. The third kappa shape index (κ3) is 3.42. The molecule has 1 heterocycles. The van der Waals surface area contributed by atoms with Crippen LogP contribution in [0.5, 0.6) is 0 Å². The monoisotopic (exact) mass is 240 g/mol. The summed E-state index contributed by atoms with van der Waals surface area (Å²) >= 11 is 0. The summed E-state index contributed by atoms with van der Waals surface area (Å²) < 4.78 is 0. The Hall–Kier alpha value is -0.610. The van der Waals surface area contributed by atoms with Crippen molar-refractivity contribution in [2.24, 2.45) is 0 Å². The van der Waals surface area contributed by atoms with Crippen LogP contribution in [0.15, 0.2) is 0 Å². The van der Waals surface area contributed by atoms with Crippen LogP contribution in [0.3, 0.4) is 0 Å². The number of aliphatic hydroxyl groups excluding tert-OH is 1. The standard InChI is InChI=1S/C13H24N2O2/c1-14(11-5-3-2-4-6-11)13(17)10-15-8-7-12(16)9-15/h11-12,16H,2-10H2,1H3. The van der Waals surface area contributed by atoms with Gasteiger partial charge in [-0.3, -0.25) is 9.69 Å². The molecule has 1 N–H and O–H groups in total. The average Bonchev–Trinajstić information content (AvgIpc) is 2.75. The van der Waals surface area contributed by atoms with Crippen molar-refractivity contribution in [3.05, 3.63) is 0 Å². The highest BCUT2D eigenvalue weighted by Crippen LogP contribution is 2.22. The van der Waals surface area contributed by atoms with Crippen molar-refractivity contribution in [2.45, 2.75) is 50.7 Å². The second-order valence-electron chi connectivity index (χ2n) is 5.47. The molecule has 1 saturated carbocycles. The lowest BCUT2D eigenvalue weighted by molar-refractivity contribution is -0.133. The number of carbonyl (C=O) groups is 1. The molecule has 4 nitrogen and oxygen atoms in total. The van der Waals surface area contributed by atoms with E-state index in [2.05, 4.69) is 4.90 Å². The minimum atomic E-state index is -0.234. The van der Waals surface area contributed by atoms with Gasteiger partial charge in [-0.15, -0.1) is 0 Å². The van der Waals surface area contributed by atoms with Crippen LogP contribution in [0, 0.1) is 0 Å². The summed E-state index contributed by atoms with van der Waals surface area (Å²) in [5.41, 5.74) is 0. The summed E-state index contributed by atoms with van der Waals surface area (Å²) in [4.78, 5) is 16.1. The van der Waals surface area contributed by atoms with E-state index in [-0.39, 0.29) is 12.0 Å². The maximum absolute atomic E-state index is 12.1. The molecule has 1 aliphatic heterocycles. The van der Waals surface area contributed by atoms with E-state index in [0.717, 1.165) is 25.8 Å². The highest BCUT2D eigenvalue weighted by atomic mass is 16.3. The normalized spacial score (nSPS) is 27.3. The predicted molar refractivity (Wildman–Crippen MR) is 66.7 cm³/mol. The van der Waals surface area contributed by atoms with Crippen LogP contribution in [-0.2, 0) is 4.79 Å². The molecule has 0 aromatic carbocycles.